The minimum absolute atomic E-state index is 0.0134. The van der Waals surface area contributed by atoms with Gasteiger partial charge in [-0.2, -0.15) is 18.3 Å². The summed E-state index contributed by atoms with van der Waals surface area (Å²) in [6, 6.07) is 10.1. The normalized spacial score (nSPS) is 19.2. The Balaban J connectivity index is 1.57. The molecule has 4 rings (SSSR count). The zero-order chi connectivity index (χ0) is 22.0. The van der Waals surface area contributed by atoms with Crippen molar-refractivity contribution in [2.75, 3.05) is 0 Å². The standard InChI is InChI=1S/C22H21F3N4O2/c23-22(24,25)20-12-19(15-2-1-11-26-13-15)28-29(20)17-7-3-14(4-8-17)21(31)27-16-5-9-18(30)10-6-16/h1-4,7-8,11-13,16,18,30H,5-6,9-10H2,(H,27,31). The average Bonchev–Trinajstić information content (AvgIpc) is 3.22. The number of carbonyl (C=O) groups is 1. The van der Waals surface area contributed by atoms with Crippen molar-refractivity contribution in [1.29, 1.82) is 0 Å². The van der Waals surface area contributed by atoms with Crippen LogP contribution in [0.2, 0.25) is 0 Å². The SMILES string of the molecule is O=C(NC1CCC(O)CC1)c1ccc(-n2nc(-c3cccnc3)cc2C(F)(F)F)cc1. The highest BCUT2D eigenvalue weighted by Crippen LogP contribution is 2.34. The third-order valence-corrected chi connectivity index (χ3v) is 5.36. The summed E-state index contributed by atoms with van der Waals surface area (Å²) < 4.78 is 41.6. The summed E-state index contributed by atoms with van der Waals surface area (Å²) in [5, 5.41) is 16.6. The van der Waals surface area contributed by atoms with Crippen molar-refractivity contribution >= 4 is 5.91 Å². The van der Waals surface area contributed by atoms with Crippen LogP contribution in [0.5, 0.6) is 0 Å². The van der Waals surface area contributed by atoms with Gasteiger partial charge in [-0.15, -0.1) is 0 Å². The number of hydrogen-bond acceptors (Lipinski definition) is 4. The summed E-state index contributed by atoms with van der Waals surface area (Å²) in [5.41, 5.74) is 0.259. The first-order valence-corrected chi connectivity index (χ1v) is 9.98. The molecule has 0 spiro atoms. The third-order valence-electron chi connectivity index (χ3n) is 5.36. The van der Waals surface area contributed by atoms with Crippen LogP contribution in [0, 0.1) is 0 Å². The van der Waals surface area contributed by atoms with E-state index in [1.54, 1.807) is 12.1 Å². The van der Waals surface area contributed by atoms with Gasteiger partial charge in [0.25, 0.3) is 5.91 Å². The lowest BCUT2D eigenvalue weighted by atomic mass is 9.93. The molecule has 0 saturated heterocycles. The molecule has 1 fully saturated rings. The molecule has 1 aliphatic carbocycles. The Morgan fingerprint density at radius 3 is 2.42 bits per heavy atom. The minimum Gasteiger partial charge on any atom is -0.393 e. The Hall–Kier alpha value is -3.20. The average molecular weight is 430 g/mol. The van der Waals surface area contributed by atoms with Crippen molar-refractivity contribution < 1.29 is 23.1 Å². The number of pyridine rings is 1. The Morgan fingerprint density at radius 2 is 1.81 bits per heavy atom. The van der Waals surface area contributed by atoms with Crippen LogP contribution in [-0.2, 0) is 6.18 Å². The number of rotatable bonds is 4. The molecule has 0 bridgehead atoms. The van der Waals surface area contributed by atoms with Crippen molar-refractivity contribution in [2.45, 2.75) is 44.0 Å². The number of alkyl halides is 3. The maximum atomic E-state index is 13.6. The number of aliphatic hydroxyl groups excluding tert-OH is 1. The van der Waals surface area contributed by atoms with Crippen molar-refractivity contribution in [2.24, 2.45) is 0 Å². The van der Waals surface area contributed by atoms with E-state index in [9.17, 15) is 23.1 Å². The first-order chi connectivity index (χ1) is 14.8. The van der Waals surface area contributed by atoms with Crippen LogP contribution >= 0.6 is 0 Å². The summed E-state index contributed by atoms with van der Waals surface area (Å²) in [6.45, 7) is 0. The van der Waals surface area contributed by atoms with Gasteiger partial charge in [-0.3, -0.25) is 9.78 Å². The van der Waals surface area contributed by atoms with Gasteiger partial charge in [0.15, 0.2) is 0 Å². The topological polar surface area (TPSA) is 80.0 Å². The number of nitrogens with zero attached hydrogens (tertiary/aromatic N) is 3. The molecule has 0 aliphatic heterocycles. The first kappa shape index (κ1) is 21.0. The summed E-state index contributed by atoms with van der Waals surface area (Å²) in [6.07, 6.45) is 0.741. The van der Waals surface area contributed by atoms with Crippen LogP contribution in [0.25, 0.3) is 16.9 Å². The quantitative estimate of drug-likeness (QED) is 0.656. The fourth-order valence-corrected chi connectivity index (χ4v) is 3.68. The number of carbonyl (C=O) groups excluding carboxylic acids is 1. The largest absolute Gasteiger partial charge is 0.433 e. The Bertz CT molecular complexity index is 1040. The Morgan fingerprint density at radius 1 is 1.10 bits per heavy atom. The molecule has 162 valence electrons. The summed E-state index contributed by atoms with van der Waals surface area (Å²) >= 11 is 0. The van der Waals surface area contributed by atoms with Crippen LogP contribution < -0.4 is 5.32 Å². The van der Waals surface area contributed by atoms with E-state index in [2.05, 4.69) is 15.4 Å². The smallest absolute Gasteiger partial charge is 0.393 e. The fraction of sp³-hybridized carbons (Fsp3) is 0.318. The van der Waals surface area contributed by atoms with Crippen LogP contribution in [0.4, 0.5) is 13.2 Å². The zero-order valence-electron chi connectivity index (χ0n) is 16.5. The molecule has 3 aromatic rings. The first-order valence-electron chi connectivity index (χ1n) is 9.98. The molecular weight excluding hydrogens is 409 g/mol. The molecule has 2 heterocycles. The number of benzene rings is 1. The molecule has 31 heavy (non-hydrogen) atoms. The van der Waals surface area contributed by atoms with Gasteiger partial charge in [0.2, 0.25) is 0 Å². The highest BCUT2D eigenvalue weighted by molar-refractivity contribution is 5.94. The van der Waals surface area contributed by atoms with E-state index in [1.807, 2.05) is 0 Å². The number of hydrogen-bond donors (Lipinski definition) is 2. The van der Waals surface area contributed by atoms with Gasteiger partial charge < -0.3 is 10.4 Å². The Kier molecular flexibility index (Phi) is 5.77. The molecule has 1 saturated carbocycles. The van der Waals surface area contributed by atoms with E-state index in [1.165, 1.54) is 36.7 Å². The second kappa shape index (κ2) is 8.50. The lowest BCUT2D eigenvalue weighted by molar-refractivity contribution is -0.142. The molecule has 1 aliphatic rings. The molecule has 9 heteroatoms. The molecule has 2 aromatic heterocycles. The summed E-state index contributed by atoms with van der Waals surface area (Å²) in [4.78, 5) is 16.4. The van der Waals surface area contributed by atoms with Gasteiger partial charge in [-0.25, -0.2) is 4.68 Å². The van der Waals surface area contributed by atoms with E-state index < -0.39 is 11.9 Å². The summed E-state index contributed by atoms with van der Waals surface area (Å²) in [5.74, 6) is -0.291. The highest BCUT2D eigenvalue weighted by atomic mass is 19.4. The van der Waals surface area contributed by atoms with Gasteiger partial charge in [0, 0.05) is 29.6 Å². The predicted octanol–water partition coefficient (Wildman–Crippen LogP) is 3.99. The van der Waals surface area contributed by atoms with E-state index in [4.69, 9.17) is 0 Å². The molecule has 1 amide bonds. The monoisotopic (exact) mass is 430 g/mol. The van der Waals surface area contributed by atoms with E-state index in [0.717, 1.165) is 10.7 Å². The van der Waals surface area contributed by atoms with Crippen molar-refractivity contribution in [3.8, 4) is 16.9 Å². The van der Waals surface area contributed by atoms with Gasteiger partial charge in [0.1, 0.15) is 5.69 Å². The van der Waals surface area contributed by atoms with Gasteiger partial charge in [-0.1, -0.05) is 0 Å². The maximum absolute atomic E-state index is 13.6. The third kappa shape index (κ3) is 4.77. The Labute approximate surface area is 176 Å². The zero-order valence-corrected chi connectivity index (χ0v) is 16.5. The number of halogens is 3. The second-order valence-corrected chi connectivity index (χ2v) is 7.59. The van der Waals surface area contributed by atoms with Crippen molar-refractivity contribution in [3.05, 3.63) is 66.1 Å². The number of aliphatic hydroxyl groups is 1. The maximum Gasteiger partial charge on any atom is 0.433 e. The van der Waals surface area contributed by atoms with Crippen LogP contribution in [-0.4, -0.2) is 37.9 Å². The van der Waals surface area contributed by atoms with Gasteiger partial charge in [0.05, 0.1) is 17.5 Å². The van der Waals surface area contributed by atoms with Crippen LogP contribution in [0.3, 0.4) is 0 Å². The lowest BCUT2D eigenvalue weighted by Gasteiger charge is -2.26. The van der Waals surface area contributed by atoms with Gasteiger partial charge in [-0.05, 0) is 68.1 Å². The van der Waals surface area contributed by atoms with Gasteiger partial charge >= 0.3 is 6.18 Å². The van der Waals surface area contributed by atoms with E-state index >= 15 is 0 Å². The van der Waals surface area contributed by atoms with Crippen molar-refractivity contribution in [1.82, 2.24) is 20.1 Å². The molecular formula is C22H21F3N4O2. The minimum atomic E-state index is -4.60. The van der Waals surface area contributed by atoms with Crippen molar-refractivity contribution in [3.63, 3.8) is 0 Å². The second-order valence-electron chi connectivity index (χ2n) is 7.59. The lowest BCUT2D eigenvalue weighted by Crippen LogP contribution is -2.38. The predicted molar refractivity (Wildman–Crippen MR) is 108 cm³/mol. The molecule has 1 aromatic carbocycles. The van der Waals surface area contributed by atoms with E-state index in [0.29, 0.717) is 36.8 Å². The molecule has 0 unspecified atom stereocenters. The highest BCUT2D eigenvalue weighted by Gasteiger charge is 2.36. The number of amides is 1. The molecule has 0 atom stereocenters. The molecule has 6 nitrogen and oxygen atoms in total. The number of nitrogens with one attached hydrogen (secondary N) is 1. The van der Waals surface area contributed by atoms with E-state index in [-0.39, 0.29) is 29.4 Å². The molecule has 2 N–H and O–H groups in total. The summed E-state index contributed by atoms with van der Waals surface area (Å²) in [7, 11) is 0. The fourth-order valence-electron chi connectivity index (χ4n) is 3.68. The number of aromatic nitrogens is 3. The van der Waals surface area contributed by atoms with Crippen LogP contribution in [0.15, 0.2) is 54.9 Å². The van der Waals surface area contributed by atoms with Crippen LogP contribution in [0.1, 0.15) is 41.7 Å². The molecule has 0 radical (unpaired) electrons.